The number of alkyl halides is 1. The number of ether oxygens (including phenoxy) is 2. The number of fused-ring (bicyclic) bond motifs is 3. The van der Waals surface area contributed by atoms with Crippen molar-refractivity contribution in [3.63, 3.8) is 0 Å². The van der Waals surface area contributed by atoms with Crippen LogP contribution >= 0.6 is 0 Å². The number of benzene rings is 1. The maximum absolute atomic E-state index is 14.1. The molecular formula is C20H24FN5O4S. The summed E-state index contributed by atoms with van der Waals surface area (Å²) in [4.78, 5) is 12.8. The van der Waals surface area contributed by atoms with Crippen LogP contribution in [0.1, 0.15) is 28.7 Å². The Morgan fingerprint density at radius 3 is 3.03 bits per heavy atom. The van der Waals surface area contributed by atoms with Gasteiger partial charge in [0.1, 0.15) is 23.8 Å². The first kappa shape index (κ1) is 20.4. The van der Waals surface area contributed by atoms with Crippen LogP contribution < -0.4 is 15.2 Å². The van der Waals surface area contributed by atoms with E-state index in [9.17, 15) is 13.4 Å². The predicted molar refractivity (Wildman–Crippen MR) is 111 cm³/mol. The second kappa shape index (κ2) is 7.57. The Morgan fingerprint density at radius 2 is 2.23 bits per heavy atom. The lowest BCUT2D eigenvalue weighted by Gasteiger charge is -2.23. The van der Waals surface area contributed by atoms with E-state index in [-0.39, 0.29) is 29.9 Å². The Labute approximate surface area is 179 Å². The van der Waals surface area contributed by atoms with Crippen LogP contribution in [0.25, 0.3) is 0 Å². The van der Waals surface area contributed by atoms with Crippen LogP contribution in [-0.4, -0.2) is 46.0 Å². The smallest absolute Gasteiger partial charge is 0.354 e. The van der Waals surface area contributed by atoms with Crippen LogP contribution in [0.5, 0.6) is 5.88 Å². The van der Waals surface area contributed by atoms with E-state index in [1.54, 1.807) is 7.11 Å². The highest BCUT2D eigenvalue weighted by Crippen LogP contribution is 2.39. The van der Waals surface area contributed by atoms with E-state index in [0.717, 1.165) is 41.5 Å². The van der Waals surface area contributed by atoms with Crippen LogP contribution in [0, 0.1) is 0 Å². The van der Waals surface area contributed by atoms with Crippen molar-refractivity contribution in [2.75, 3.05) is 19.0 Å². The minimum Gasteiger partial charge on any atom is -0.474 e. The molecule has 2 unspecified atom stereocenters. The van der Waals surface area contributed by atoms with Crippen LogP contribution in [0.2, 0.25) is 0 Å². The zero-order valence-electron chi connectivity index (χ0n) is 17.1. The topological polar surface area (TPSA) is 121 Å². The molecular weight excluding hydrogens is 425 g/mol. The van der Waals surface area contributed by atoms with Gasteiger partial charge in [-0.05, 0) is 41.5 Å². The summed E-state index contributed by atoms with van der Waals surface area (Å²) in [5.41, 5.74) is 4.46. The van der Waals surface area contributed by atoms with Crippen LogP contribution in [-0.2, 0) is 46.9 Å². The largest absolute Gasteiger partial charge is 0.474 e. The quantitative estimate of drug-likeness (QED) is 0.744. The number of halogens is 1. The lowest BCUT2D eigenvalue weighted by atomic mass is 9.99. The molecule has 3 aliphatic rings. The van der Waals surface area contributed by atoms with Crippen molar-refractivity contribution in [1.82, 2.24) is 9.78 Å². The Morgan fingerprint density at radius 1 is 1.39 bits per heavy atom. The van der Waals surface area contributed by atoms with Crippen LogP contribution in [0.4, 0.5) is 14.9 Å². The first-order valence-corrected chi connectivity index (χ1v) is 11.8. The molecule has 2 amide bonds. The van der Waals surface area contributed by atoms with E-state index in [0.29, 0.717) is 18.7 Å². The molecule has 0 spiro atoms. The maximum atomic E-state index is 14.1. The Hall–Kier alpha value is -2.50. The van der Waals surface area contributed by atoms with Crippen molar-refractivity contribution in [2.45, 2.75) is 55.8 Å². The lowest BCUT2D eigenvalue weighted by molar-refractivity contribution is 0.0165. The van der Waals surface area contributed by atoms with E-state index in [2.05, 4.69) is 20.8 Å². The molecule has 0 fully saturated rings. The first-order valence-electron chi connectivity index (χ1n) is 10.2. The number of aryl methyl sites for hydroxylation is 1. The third-order valence-corrected chi connectivity index (χ3v) is 7.46. The van der Waals surface area contributed by atoms with Crippen molar-refractivity contribution in [2.24, 2.45) is 9.50 Å². The number of anilines is 1. The summed E-state index contributed by atoms with van der Waals surface area (Å²) >= 11 is 0. The minimum atomic E-state index is -3.60. The van der Waals surface area contributed by atoms with Gasteiger partial charge in [-0.25, -0.2) is 23.2 Å². The molecule has 9 nitrogen and oxygen atoms in total. The summed E-state index contributed by atoms with van der Waals surface area (Å²) in [6, 6.07) is 1.22. The summed E-state index contributed by atoms with van der Waals surface area (Å²) in [6.07, 6.45) is 3.44. The average molecular weight is 450 g/mol. The Bertz CT molecular complexity index is 1190. The molecule has 1 aromatic carbocycles. The fourth-order valence-corrected chi connectivity index (χ4v) is 5.65. The average Bonchev–Trinajstić information content (AvgIpc) is 3.44. The van der Waals surface area contributed by atoms with E-state index in [4.69, 9.17) is 14.6 Å². The van der Waals surface area contributed by atoms with Crippen molar-refractivity contribution in [1.29, 1.82) is 0 Å². The van der Waals surface area contributed by atoms with Crippen molar-refractivity contribution in [3.05, 3.63) is 34.5 Å². The number of nitrogens with two attached hydrogens (primary N) is 1. The van der Waals surface area contributed by atoms with Gasteiger partial charge in [0.05, 0.1) is 12.7 Å². The molecule has 31 heavy (non-hydrogen) atoms. The predicted octanol–water partition coefficient (Wildman–Crippen LogP) is 2.15. The summed E-state index contributed by atoms with van der Waals surface area (Å²) in [6.45, 7) is 0.670. The van der Waals surface area contributed by atoms with Gasteiger partial charge in [-0.1, -0.05) is 6.07 Å². The second-order valence-electron chi connectivity index (χ2n) is 8.14. The molecule has 2 aromatic rings. The highest BCUT2D eigenvalue weighted by Gasteiger charge is 2.31. The highest BCUT2D eigenvalue weighted by atomic mass is 32.2. The molecule has 0 bridgehead atoms. The monoisotopic (exact) mass is 449 g/mol. The number of carbonyl (C=O) groups excluding carboxylic acids is 1. The SMILES string of the molecule is COC1COc2c(S(N)(=O)=NC(=O)Nc3c4c(cc5c3C[C@H](F)C5)CCC4)cnn2C1. The number of rotatable bonds is 3. The molecule has 0 saturated heterocycles. The number of urea groups is 1. The van der Waals surface area contributed by atoms with Gasteiger partial charge in [-0.2, -0.15) is 5.10 Å². The Balaban J connectivity index is 1.45. The summed E-state index contributed by atoms with van der Waals surface area (Å²) in [7, 11) is -2.03. The zero-order chi connectivity index (χ0) is 21.8. The van der Waals surface area contributed by atoms with E-state index in [1.165, 1.54) is 10.9 Å². The Kier molecular flexibility index (Phi) is 4.98. The van der Waals surface area contributed by atoms with Crippen molar-refractivity contribution >= 4 is 21.6 Å². The van der Waals surface area contributed by atoms with Gasteiger partial charge in [-0.3, -0.25) is 0 Å². The van der Waals surface area contributed by atoms with E-state index in [1.807, 2.05) is 0 Å². The minimum absolute atomic E-state index is 0.0598. The van der Waals surface area contributed by atoms with Crippen molar-refractivity contribution in [3.8, 4) is 5.88 Å². The zero-order valence-corrected chi connectivity index (χ0v) is 17.9. The fourth-order valence-electron chi connectivity index (χ4n) is 4.65. The molecule has 2 heterocycles. The van der Waals surface area contributed by atoms with Gasteiger partial charge in [-0.15, -0.1) is 4.36 Å². The number of aromatic nitrogens is 2. The molecule has 3 atom stereocenters. The standard InChI is InChI=1S/C20H24FN5O4S/c1-29-14-9-26-19(30-10-14)17(8-23-26)31(22,28)25-20(27)24-18-15-4-2-3-11(15)5-12-6-13(21)7-16(12)18/h5,8,13-14H,2-4,6-7,9-10H2,1H3,(H3,22,24,25,27,28)/t13-,14?,31?/m1/s1. The van der Waals surface area contributed by atoms with E-state index < -0.39 is 22.1 Å². The van der Waals surface area contributed by atoms with Crippen molar-refractivity contribution < 1.29 is 22.9 Å². The highest BCUT2D eigenvalue weighted by molar-refractivity contribution is 7.91. The second-order valence-corrected chi connectivity index (χ2v) is 9.90. The van der Waals surface area contributed by atoms with Crippen LogP contribution in [0.15, 0.2) is 21.5 Å². The molecule has 166 valence electrons. The van der Waals surface area contributed by atoms with Gasteiger partial charge < -0.3 is 14.8 Å². The van der Waals surface area contributed by atoms with Crippen LogP contribution in [0.3, 0.4) is 0 Å². The van der Waals surface area contributed by atoms with Gasteiger partial charge in [0.2, 0.25) is 5.88 Å². The summed E-state index contributed by atoms with van der Waals surface area (Å²) in [5.74, 6) is 0.221. The maximum Gasteiger partial charge on any atom is 0.354 e. The molecule has 3 N–H and O–H groups in total. The van der Waals surface area contributed by atoms with Gasteiger partial charge in [0, 0.05) is 25.6 Å². The number of amides is 2. The summed E-state index contributed by atoms with van der Waals surface area (Å²) < 4.78 is 43.3. The van der Waals surface area contributed by atoms with E-state index >= 15 is 0 Å². The summed E-state index contributed by atoms with van der Waals surface area (Å²) in [5, 5.41) is 12.8. The lowest BCUT2D eigenvalue weighted by Crippen LogP contribution is -2.32. The number of nitrogens with one attached hydrogen (secondary N) is 1. The third-order valence-electron chi connectivity index (χ3n) is 6.11. The number of hydrogen-bond donors (Lipinski definition) is 2. The number of carbonyl (C=O) groups is 1. The molecule has 11 heteroatoms. The number of nitrogens with zero attached hydrogens (tertiary/aromatic N) is 3. The molecule has 2 aliphatic carbocycles. The molecule has 1 aliphatic heterocycles. The number of methoxy groups -OCH3 is 1. The van der Waals surface area contributed by atoms with Gasteiger partial charge >= 0.3 is 6.03 Å². The number of hydrogen-bond acceptors (Lipinski definition) is 5. The van der Waals surface area contributed by atoms with Gasteiger partial charge in [0.15, 0.2) is 9.92 Å². The third kappa shape index (κ3) is 3.60. The molecule has 0 saturated carbocycles. The molecule has 0 radical (unpaired) electrons. The van der Waals surface area contributed by atoms with Gasteiger partial charge in [0.25, 0.3) is 0 Å². The molecule has 5 rings (SSSR count). The molecule has 1 aromatic heterocycles. The first-order chi connectivity index (χ1) is 14.9. The fraction of sp³-hybridized carbons (Fsp3) is 0.500. The normalized spacial score (nSPS) is 23.3.